The smallest absolute Gasteiger partial charge is 0.315 e. The molecule has 0 radical (unpaired) electrons. The van der Waals surface area contributed by atoms with Gasteiger partial charge in [0.05, 0.1) is 18.9 Å². The van der Waals surface area contributed by atoms with E-state index in [9.17, 15) is 9.90 Å². The quantitative estimate of drug-likeness (QED) is 0.788. The Labute approximate surface area is 141 Å². The molecule has 3 N–H and O–H groups in total. The highest BCUT2D eigenvalue weighted by atomic mass is 16.5. The van der Waals surface area contributed by atoms with Gasteiger partial charge in [-0.05, 0) is 38.3 Å². The van der Waals surface area contributed by atoms with Gasteiger partial charge in [-0.25, -0.2) is 4.79 Å². The minimum absolute atomic E-state index is 0.108. The lowest BCUT2D eigenvalue weighted by Crippen LogP contribution is -2.69. The summed E-state index contributed by atoms with van der Waals surface area (Å²) in [6, 6.07) is 3.41. The highest BCUT2D eigenvalue weighted by molar-refractivity contribution is 5.74. The monoisotopic (exact) mass is 334 g/mol. The van der Waals surface area contributed by atoms with E-state index in [1.54, 1.807) is 19.1 Å². The van der Waals surface area contributed by atoms with Crippen LogP contribution in [0.1, 0.15) is 44.8 Å². The fraction of sp³-hybridized carbons (Fsp3) is 0.722. The summed E-state index contributed by atoms with van der Waals surface area (Å²) >= 11 is 0. The molecule has 2 heterocycles. The van der Waals surface area contributed by atoms with Gasteiger partial charge in [0.2, 0.25) is 0 Å². The van der Waals surface area contributed by atoms with Crippen LogP contribution < -0.4 is 10.6 Å². The third-order valence-corrected chi connectivity index (χ3v) is 6.22. The molecule has 1 aromatic rings. The van der Waals surface area contributed by atoms with Gasteiger partial charge in [-0.3, -0.25) is 0 Å². The third-order valence-electron chi connectivity index (χ3n) is 6.22. The molecule has 2 saturated carbocycles. The number of nitrogens with one attached hydrogen (secondary N) is 2. The van der Waals surface area contributed by atoms with Crippen LogP contribution in [-0.4, -0.2) is 36.4 Å². The molecule has 4 atom stereocenters. The first-order valence-corrected chi connectivity index (χ1v) is 8.95. The largest absolute Gasteiger partial charge is 0.466 e. The number of aliphatic hydroxyl groups is 1. The van der Waals surface area contributed by atoms with E-state index in [0.717, 1.165) is 25.9 Å². The van der Waals surface area contributed by atoms with Crippen molar-refractivity contribution >= 4 is 6.03 Å². The van der Waals surface area contributed by atoms with E-state index in [2.05, 4.69) is 10.6 Å². The molecule has 1 aromatic heterocycles. The van der Waals surface area contributed by atoms with Gasteiger partial charge in [0.1, 0.15) is 11.4 Å². The third kappa shape index (κ3) is 2.43. The maximum absolute atomic E-state index is 12.4. The Morgan fingerprint density at radius 2 is 2.25 bits per heavy atom. The van der Waals surface area contributed by atoms with Gasteiger partial charge in [-0.2, -0.15) is 0 Å². The van der Waals surface area contributed by atoms with E-state index in [4.69, 9.17) is 9.15 Å². The topological polar surface area (TPSA) is 83.7 Å². The molecule has 3 aliphatic rings. The standard InChI is InChI=1S/C18H26N2O4/c1-17(22,13-5-4-9-23-13)11-19-16(21)20-14-12-6-10-24-15(12)18(14)7-2-3-8-18/h4-5,9,12,14-15,22H,2-3,6-8,10-11H2,1H3,(H2,19,20,21). The number of rotatable bonds is 4. The van der Waals surface area contributed by atoms with Crippen molar-refractivity contribution in [3.63, 3.8) is 0 Å². The van der Waals surface area contributed by atoms with Crippen LogP contribution in [-0.2, 0) is 10.3 Å². The van der Waals surface area contributed by atoms with Crippen LogP contribution in [0.4, 0.5) is 4.79 Å². The second-order valence-electron chi connectivity index (χ2n) is 7.74. The van der Waals surface area contributed by atoms with E-state index in [-0.39, 0.29) is 24.0 Å². The van der Waals surface area contributed by atoms with E-state index >= 15 is 0 Å². The first-order valence-electron chi connectivity index (χ1n) is 8.95. The number of amides is 2. The van der Waals surface area contributed by atoms with Crippen molar-refractivity contribution in [2.24, 2.45) is 11.3 Å². The lowest BCUT2D eigenvalue weighted by molar-refractivity contribution is -0.126. The second-order valence-corrected chi connectivity index (χ2v) is 7.74. The van der Waals surface area contributed by atoms with Crippen LogP contribution in [0.15, 0.2) is 22.8 Å². The summed E-state index contributed by atoms with van der Waals surface area (Å²) in [4.78, 5) is 12.4. The summed E-state index contributed by atoms with van der Waals surface area (Å²) in [5.41, 5.74) is -1.08. The second kappa shape index (κ2) is 5.77. The Morgan fingerprint density at radius 3 is 2.96 bits per heavy atom. The van der Waals surface area contributed by atoms with Crippen LogP contribution in [0, 0.1) is 11.3 Å². The van der Waals surface area contributed by atoms with Gasteiger partial charge in [0, 0.05) is 24.0 Å². The number of carbonyl (C=O) groups excluding carboxylic acids is 1. The molecule has 1 spiro atoms. The molecule has 0 aromatic carbocycles. The minimum atomic E-state index is -1.22. The molecule has 2 amide bonds. The minimum Gasteiger partial charge on any atom is -0.466 e. The average Bonchev–Trinajstić information content (AvgIpc) is 3.31. The SMILES string of the molecule is CC(O)(CNC(=O)NC1C2CCOC2C12CCCC2)c1ccco1. The maximum Gasteiger partial charge on any atom is 0.315 e. The zero-order valence-electron chi connectivity index (χ0n) is 14.1. The van der Waals surface area contributed by atoms with Crippen molar-refractivity contribution in [1.82, 2.24) is 10.6 Å². The van der Waals surface area contributed by atoms with E-state index in [0.29, 0.717) is 17.8 Å². The normalized spacial score (nSPS) is 32.8. The van der Waals surface area contributed by atoms with Crippen LogP contribution in [0.5, 0.6) is 0 Å². The van der Waals surface area contributed by atoms with Gasteiger partial charge in [0.25, 0.3) is 0 Å². The predicted molar refractivity (Wildman–Crippen MR) is 87.3 cm³/mol. The fourth-order valence-corrected chi connectivity index (χ4v) is 5.02. The van der Waals surface area contributed by atoms with Crippen LogP contribution in [0.25, 0.3) is 0 Å². The lowest BCUT2D eigenvalue weighted by atomic mass is 9.54. The van der Waals surface area contributed by atoms with Gasteiger partial charge in [0.15, 0.2) is 0 Å². The van der Waals surface area contributed by atoms with Gasteiger partial charge in [-0.15, -0.1) is 0 Å². The molecule has 1 saturated heterocycles. The lowest BCUT2D eigenvalue weighted by Gasteiger charge is -2.56. The summed E-state index contributed by atoms with van der Waals surface area (Å²) in [6.07, 6.45) is 7.60. The Morgan fingerprint density at radius 1 is 1.46 bits per heavy atom. The molecular weight excluding hydrogens is 308 g/mol. The van der Waals surface area contributed by atoms with Gasteiger partial charge in [-0.1, -0.05) is 12.8 Å². The number of ether oxygens (including phenoxy) is 1. The van der Waals surface area contributed by atoms with Gasteiger partial charge < -0.3 is 24.9 Å². The highest BCUT2D eigenvalue weighted by Crippen LogP contribution is 2.60. The maximum atomic E-state index is 12.4. The van der Waals surface area contributed by atoms with E-state index < -0.39 is 5.60 Å². The molecular formula is C18H26N2O4. The number of urea groups is 1. The first-order chi connectivity index (χ1) is 11.5. The van der Waals surface area contributed by atoms with E-state index in [1.807, 2.05) is 0 Å². The molecule has 1 aliphatic heterocycles. The Balaban J connectivity index is 1.36. The Kier molecular flexibility index (Phi) is 3.84. The first kappa shape index (κ1) is 16.0. The fourth-order valence-electron chi connectivity index (χ4n) is 5.02. The van der Waals surface area contributed by atoms with Gasteiger partial charge >= 0.3 is 6.03 Å². The molecule has 0 bridgehead atoms. The molecule has 6 heteroatoms. The predicted octanol–water partition coefficient (Wildman–Crippen LogP) is 2.13. The molecule has 4 rings (SSSR count). The Bertz CT molecular complexity index is 592. The molecule has 6 nitrogen and oxygen atoms in total. The summed E-state index contributed by atoms with van der Waals surface area (Å²) in [6.45, 7) is 2.55. The summed E-state index contributed by atoms with van der Waals surface area (Å²) < 4.78 is 11.2. The number of carbonyl (C=O) groups is 1. The number of furan rings is 1. The van der Waals surface area contributed by atoms with Crippen LogP contribution in [0.2, 0.25) is 0 Å². The van der Waals surface area contributed by atoms with Crippen LogP contribution >= 0.6 is 0 Å². The van der Waals surface area contributed by atoms with Crippen molar-refractivity contribution in [2.45, 2.75) is 56.8 Å². The number of hydrogen-bond acceptors (Lipinski definition) is 4. The number of hydrogen-bond donors (Lipinski definition) is 3. The number of fused-ring (bicyclic) bond motifs is 2. The van der Waals surface area contributed by atoms with E-state index in [1.165, 1.54) is 19.1 Å². The Hall–Kier alpha value is -1.53. The molecule has 132 valence electrons. The average molecular weight is 334 g/mol. The molecule has 24 heavy (non-hydrogen) atoms. The zero-order valence-corrected chi connectivity index (χ0v) is 14.1. The van der Waals surface area contributed by atoms with Crippen molar-refractivity contribution in [3.05, 3.63) is 24.2 Å². The highest BCUT2D eigenvalue weighted by Gasteiger charge is 2.65. The molecule has 4 unspecified atom stereocenters. The van der Waals surface area contributed by atoms with Crippen LogP contribution in [0.3, 0.4) is 0 Å². The molecule has 3 fully saturated rings. The summed E-state index contributed by atoms with van der Waals surface area (Å²) in [7, 11) is 0. The van der Waals surface area contributed by atoms with Crippen molar-refractivity contribution < 1.29 is 19.1 Å². The van der Waals surface area contributed by atoms with Crippen molar-refractivity contribution in [2.75, 3.05) is 13.2 Å². The summed E-state index contributed by atoms with van der Waals surface area (Å²) in [5, 5.41) is 16.4. The van der Waals surface area contributed by atoms with Crippen molar-refractivity contribution in [1.29, 1.82) is 0 Å². The zero-order chi connectivity index (χ0) is 16.8. The van der Waals surface area contributed by atoms with Crippen molar-refractivity contribution in [3.8, 4) is 0 Å². The molecule has 2 aliphatic carbocycles. The summed E-state index contributed by atoms with van der Waals surface area (Å²) in [5.74, 6) is 0.891.